The van der Waals surface area contributed by atoms with Gasteiger partial charge in [-0.25, -0.2) is 0 Å². The summed E-state index contributed by atoms with van der Waals surface area (Å²) in [6.07, 6.45) is 0.236. The SMILES string of the molecule is CCc1c(O)cc(O)cc1C(C(=O)O)C(=O)c1ccc(OC(F)F)cc1. The summed E-state index contributed by atoms with van der Waals surface area (Å²) >= 11 is 0. The number of Topliss-reactive ketones (excluding diaryl/α,β-unsaturated/α-hetero) is 1. The maximum absolute atomic E-state index is 12.7. The zero-order valence-corrected chi connectivity index (χ0v) is 13.6. The van der Waals surface area contributed by atoms with Gasteiger partial charge in [0.25, 0.3) is 0 Å². The minimum absolute atomic E-state index is 0.0320. The lowest BCUT2D eigenvalue weighted by Crippen LogP contribution is -2.23. The topological polar surface area (TPSA) is 104 Å². The minimum Gasteiger partial charge on any atom is -0.508 e. The van der Waals surface area contributed by atoms with Gasteiger partial charge in [-0.3, -0.25) is 9.59 Å². The Balaban J connectivity index is 2.45. The molecule has 2 aromatic carbocycles. The summed E-state index contributed by atoms with van der Waals surface area (Å²) in [6.45, 7) is -1.36. The number of ketones is 1. The molecule has 0 spiro atoms. The molecule has 3 N–H and O–H groups in total. The molecule has 0 fully saturated rings. The zero-order chi connectivity index (χ0) is 19.4. The van der Waals surface area contributed by atoms with Crippen molar-refractivity contribution in [3.05, 3.63) is 53.1 Å². The molecule has 0 aliphatic rings. The summed E-state index contributed by atoms with van der Waals surface area (Å²) in [5, 5.41) is 29.1. The summed E-state index contributed by atoms with van der Waals surface area (Å²) in [5.41, 5.74) is 0.153. The molecule has 0 heterocycles. The van der Waals surface area contributed by atoms with Crippen LogP contribution in [-0.4, -0.2) is 33.7 Å². The van der Waals surface area contributed by atoms with Gasteiger partial charge in [-0.2, -0.15) is 8.78 Å². The summed E-state index contributed by atoms with van der Waals surface area (Å²) in [5.74, 6) is -4.84. The maximum atomic E-state index is 12.7. The number of alkyl halides is 2. The zero-order valence-electron chi connectivity index (χ0n) is 13.6. The Hall–Kier alpha value is -3.16. The number of aromatic hydroxyl groups is 2. The Morgan fingerprint density at radius 1 is 1.12 bits per heavy atom. The highest BCUT2D eigenvalue weighted by molar-refractivity contribution is 6.12. The second-order valence-corrected chi connectivity index (χ2v) is 5.42. The fourth-order valence-electron chi connectivity index (χ4n) is 2.66. The number of hydrogen-bond acceptors (Lipinski definition) is 5. The van der Waals surface area contributed by atoms with Crippen molar-refractivity contribution in [1.82, 2.24) is 0 Å². The van der Waals surface area contributed by atoms with E-state index in [0.29, 0.717) is 0 Å². The van der Waals surface area contributed by atoms with Crippen molar-refractivity contribution in [2.24, 2.45) is 0 Å². The monoisotopic (exact) mass is 366 g/mol. The molecule has 0 saturated heterocycles. The third kappa shape index (κ3) is 4.08. The molecule has 2 aromatic rings. The fourth-order valence-corrected chi connectivity index (χ4v) is 2.66. The molecule has 0 aromatic heterocycles. The van der Waals surface area contributed by atoms with Crippen molar-refractivity contribution < 1.29 is 38.4 Å². The minimum atomic E-state index is -3.02. The third-order valence-electron chi connectivity index (χ3n) is 3.78. The highest BCUT2D eigenvalue weighted by Gasteiger charge is 2.32. The molecule has 138 valence electrons. The van der Waals surface area contributed by atoms with Crippen LogP contribution >= 0.6 is 0 Å². The lowest BCUT2D eigenvalue weighted by molar-refractivity contribution is -0.137. The molecule has 0 radical (unpaired) electrons. The molecule has 0 saturated carbocycles. The average Bonchev–Trinajstić information content (AvgIpc) is 2.54. The lowest BCUT2D eigenvalue weighted by Gasteiger charge is -2.17. The highest BCUT2D eigenvalue weighted by Crippen LogP contribution is 2.34. The molecule has 1 unspecified atom stereocenters. The molecule has 0 amide bonds. The van der Waals surface area contributed by atoms with Crippen molar-refractivity contribution in [2.45, 2.75) is 25.9 Å². The largest absolute Gasteiger partial charge is 0.508 e. The number of carbonyl (C=O) groups excluding carboxylic acids is 1. The smallest absolute Gasteiger partial charge is 0.387 e. The molecule has 0 aliphatic heterocycles. The lowest BCUT2D eigenvalue weighted by atomic mass is 9.86. The van der Waals surface area contributed by atoms with Crippen LogP contribution in [0.1, 0.15) is 34.3 Å². The first-order chi connectivity index (χ1) is 12.2. The van der Waals surface area contributed by atoms with Gasteiger partial charge >= 0.3 is 12.6 Å². The molecular weight excluding hydrogens is 350 g/mol. The van der Waals surface area contributed by atoms with Crippen LogP contribution in [0.2, 0.25) is 0 Å². The van der Waals surface area contributed by atoms with Crippen LogP contribution < -0.4 is 4.74 Å². The van der Waals surface area contributed by atoms with E-state index in [0.717, 1.165) is 24.3 Å². The van der Waals surface area contributed by atoms with E-state index in [9.17, 15) is 33.7 Å². The van der Waals surface area contributed by atoms with Gasteiger partial charge in [0.1, 0.15) is 23.2 Å². The van der Waals surface area contributed by atoms with Crippen molar-refractivity contribution in [3.8, 4) is 17.2 Å². The van der Waals surface area contributed by atoms with Crippen LogP contribution in [0.5, 0.6) is 17.2 Å². The van der Waals surface area contributed by atoms with E-state index in [2.05, 4.69) is 4.74 Å². The Morgan fingerprint density at radius 2 is 1.73 bits per heavy atom. The van der Waals surface area contributed by atoms with Crippen molar-refractivity contribution >= 4 is 11.8 Å². The number of benzene rings is 2. The van der Waals surface area contributed by atoms with Gasteiger partial charge in [-0.1, -0.05) is 6.92 Å². The fraction of sp³-hybridized carbons (Fsp3) is 0.222. The number of ether oxygens (including phenoxy) is 1. The normalized spacial score (nSPS) is 12.0. The van der Waals surface area contributed by atoms with Crippen LogP contribution in [0.4, 0.5) is 8.78 Å². The van der Waals surface area contributed by atoms with Crippen LogP contribution in [0, 0.1) is 0 Å². The molecule has 6 nitrogen and oxygen atoms in total. The van der Waals surface area contributed by atoms with Crippen LogP contribution in [-0.2, 0) is 11.2 Å². The van der Waals surface area contributed by atoms with E-state index < -0.39 is 24.3 Å². The van der Waals surface area contributed by atoms with E-state index >= 15 is 0 Å². The first kappa shape index (κ1) is 19.2. The second kappa shape index (κ2) is 7.81. The molecular formula is C18H16F2O6. The predicted octanol–water partition coefficient (Wildman–Crippen LogP) is 3.31. The molecule has 0 bridgehead atoms. The molecule has 1 atom stereocenters. The molecule has 2 rings (SSSR count). The summed E-state index contributed by atoms with van der Waals surface area (Å²) in [4.78, 5) is 24.4. The third-order valence-corrected chi connectivity index (χ3v) is 3.78. The van der Waals surface area contributed by atoms with E-state index in [4.69, 9.17) is 0 Å². The predicted molar refractivity (Wildman–Crippen MR) is 86.9 cm³/mol. The quantitative estimate of drug-likeness (QED) is 0.513. The van der Waals surface area contributed by atoms with Gasteiger partial charge in [0, 0.05) is 11.6 Å². The van der Waals surface area contributed by atoms with Gasteiger partial charge in [-0.15, -0.1) is 0 Å². The van der Waals surface area contributed by atoms with Gasteiger partial charge < -0.3 is 20.1 Å². The van der Waals surface area contributed by atoms with E-state index in [1.54, 1.807) is 6.92 Å². The number of hydrogen-bond donors (Lipinski definition) is 3. The van der Waals surface area contributed by atoms with Gasteiger partial charge in [0.2, 0.25) is 0 Å². The Kier molecular flexibility index (Phi) is 5.76. The van der Waals surface area contributed by atoms with Crippen molar-refractivity contribution in [3.63, 3.8) is 0 Å². The maximum Gasteiger partial charge on any atom is 0.387 e. The molecule has 26 heavy (non-hydrogen) atoms. The van der Waals surface area contributed by atoms with E-state index in [1.165, 1.54) is 12.1 Å². The molecule has 8 heteroatoms. The highest BCUT2D eigenvalue weighted by atomic mass is 19.3. The van der Waals surface area contributed by atoms with Crippen LogP contribution in [0.15, 0.2) is 36.4 Å². The number of aliphatic carboxylic acids is 1. The van der Waals surface area contributed by atoms with Gasteiger partial charge in [0.15, 0.2) is 5.78 Å². The second-order valence-electron chi connectivity index (χ2n) is 5.42. The van der Waals surface area contributed by atoms with Gasteiger partial charge in [-0.05, 0) is 47.9 Å². The Morgan fingerprint density at radius 3 is 2.23 bits per heavy atom. The number of halogens is 2. The van der Waals surface area contributed by atoms with Crippen molar-refractivity contribution in [2.75, 3.05) is 0 Å². The van der Waals surface area contributed by atoms with Crippen LogP contribution in [0.25, 0.3) is 0 Å². The number of rotatable bonds is 7. The summed E-state index contributed by atoms with van der Waals surface area (Å²) in [7, 11) is 0. The summed E-state index contributed by atoms with van der Waals surface area (Å²) in [6, 6.07) is 6.76. The number of phenolic OH excluding ortho intramolecular Hbond substituents is 2. The first-order valence-electron chi connectivity index (χ1n) is 7.61. The molecule has 0 aliphatic carbocycles. The average molecular weight is 366 g/mol. The number of phenols is 2. The van der Waals surface area contributed by atoms with E-state index in [1.807, 2.05) is 0 Å². The standard InChI is InChI=1S/C18H16F2O6/c1-2-12-13(7-10(21)8-14(12)22)15(17(24)25)16(23)9-3-5-11(6-4-9)26-18(19)20/h3-8,15,18,21-22H,2H2,1H3,(H,24,25). The van der Waals surface area contributed by atoms with Crippen molar-refractivity contribution in [1.29, 1.82) is 0 Å². The number of carboxylic acid groups (broad SMARTS) is 1. The number of carbonyl (C=O) groups is 2. The van der Waals surface area contributed by atoms with Gasteiger partial charge in [0.05, 0.1) is 0 Å². The Bertz CT molecular complexity index is 817. The number of carboxylic acids is 1. The van der Waals surface area contributed by atoms with Crippen LogP contribution in [0.3, 0.4) is 0 Å². The summed E-state index contributed by atoms with van der Waals surface area (Å²) < 4.78 is 28.5. The first-order valence-corrected chi connectivity index (χ1v) is 7.61. The van der Waals surface area contributed by atoms with E-state index in [-0.39, 0.29) is 40.4 Å². The Labute approximate surface area is 147 Å².